The first kappa shape index (κ1) is 31.4. The van der Waals surface area contributed by atoms with Crippen LogP contribution in [-0.2, 0) is 0 Å². The number of aryl methyl sites for hydroxylation is 1. The second kappa shape index (κ2) is 12.5. The van der Waals surface area contributed by atoms with Gasteiger partial charge < -0.3 is 9.13 Å². The molecule has 5 nitrogen and oxygen atoms in total. The van der Waals surface area contributed by atoms with Crippen LogP contribution in [0.1, 0.15) is 54.1 Å². The molecule has 0 saturated carbocycles. The molecule has 8 aromatic rings. The van der Waals surface area contributed by atoms with Crippen LogP contribution in [0.15, 0.2) is 127 Å². The Morgan fingerprint density at radius 3 is 2.06 bits per heavy atom. The summed E-state index contributed by atoms with van der Waals surface area (Å²) < 4.78 is 4.48. The summed E-state index contributed by atoms with van der Waals surface area (Å²) in [6.45, 7) is 6.80. The molecule has 5 heteroatoms. The largest absolute Gasteiger partial charge is 0.312 e. The Morgan fingerprint density at radius 1 is 0.549 bits per heavy atom. The molecule has 0 radical (unpaired) electrons. The van der Waals surface area contributed by atoms with Crippen LogP contribution >= 0.6 is 0 Å². The van der Waals surface area contributed by atoms with Crippen LogP contribution in [-0.4, -0.2) is 9.13 Å². The molecule has 2 heterocycles. The highest BCUT2D eigenvalue weighted by atomic mass is 15.0. The van der Waals surface area contributed by atoms with Crippen molar-refractivity contribution in [2.45, 2.75) is 33.1 Å². The number of aromatic nitrogens is 2. The fourth-order valence-electron chi connectivity index (χ4n) is 7.66. The SMILES string of the molecule is CCC(C)c1c(C)c2ccccc2n1-c1ccccc1-c1cccc(-c2ccc(-n3c4ccc(C#N)cc4c4ccc(C#N)cc43)c(C#N)c2)c1. The summed E-state index contributed by atoms with van der Waals surface area (Å²) in [4.78, 5) is 0. The molecule has 0 N–H and O–H groups in total. The number of fused-ring (bicyclic) bond motifs is 4. The van der Waals surface area contributed by atoms with Gasteiger partial charge in [0.05, 0.1) is 56.8 Å². The Bertz CT molecular complexity index is 2810. The Hall–Kier alpha value is -6.87. The zero-order chi connectivity index (χ0) is 35.2. The maximum atomic E-state index is 10.5. The van der Waals surface area contributed by atoms with Crippen molar-refractivity contribution in [1.82, 2.24) is 9.13 Å². The molecule has 0 aliphatic heterocycles. The Labute approximate surface area is 297 Å². The van der Waals surface area contributed by atoms with E-state index >= 15 is 0 Å². The van der Waals surface area contributed by atoms with E-state index < -0.39 is 0 Å². The minimum atomic E-state index is 0.383. The molecule has 51 heavy (non-hydrogen) atoms. The van der Waals surface area contributed by atoms with Crippen LogP contribution in [0.5, 0.6) is 0 Å². The minimum Gasteiger partial charge on any atom is -0.312 e. The number of para-hydroxylation sites is 2. The van der Waals surface area contributed by atoms with Crippen LogP contribution in [0.25, 0.3) is 66.3 Å². The molecule has 0 aliphatic rings. The normalized spacial score (nSPS) is 11.8. The van der Waals surface area contributed by atoms with Crippen molar-refractivity contribution in [2.75, 3.05) is 0 Å². The van der Waals surface area contributed by atoms with Gasteiger partial charge in [0.25, 0.3) is 0 Å². The molecular formula is C46H33N5. The molecule has 8 rings (SSSR count). The Kier molecular flexibility index (Phi) is 7.72. The highest BCUT2D eigenvalue weighted by Crippen LogP contribution is 2.40. The maximum absolute atomic E-state index is 10.5. The van der Waals surface area contributed by atoms with E-state index in [-0.39, 0.29) is 0 Å². The van der Waals surface area contributed by atoms with E-state index in [1.165, 1.54) is 22.2 Å². The average Bonchev–Trinajstić information content (AvgIpc) is 3.67. The number of hydrogen-bond donors (Lipinski definition) is 0. The van der Waals surface area contributed by atoms with E-state index in [9.17, 15) is 15.8 Å². The minimum absolute atomic E-state index is 0.383. The Morgan fingerprint density at radius 2 is 1.25 bits per heavy atom. The molecule has 0 fully saturated rings. The third-order valence-electron chi connectivity index (χ3n) is 10.3. The molecule has 0 amide bonds. The van der Waals surface area contributed by atoms with Gasteiger partial charge >= 0.3 is 0 Å². The van der Waals surface area contributed by atoms with Gasteiger partial charge in [-0.05, 0) is 102 Å². The topological polar surface area (TPSA) is 81.2 Å². The third-order valence-corrected chi connectivity index (χ3v) is 10.3. The number of hydrogen-bond acceptors (Lipinski definition) is 3. The lowest BCUT2D eigenvalue weighted by atomic mass is 9.96. The molecule has 6 aromatic carbocycles. The van der Waals surface area contributed by atoms with Gasteiger partial charge in [-0.25, -0.2) is 0 Å². The number of rotatable bonds is 6. The van der Waals surface area contributed by atoms with Gasteiger partial charge in [-0.15, -0.1) is 0 Å². The van der Waals surface area contributed by atoms with E-state index in [0.29, 0.717) is 22.6 Å². The predicted octanol–water partition coefficient (Wildman–Crippen LogP) is 11.5. The van der Waals surface area contributed by atoms with Gasteiger partial charge in [0.1, 0.15) is 6.07 Å². The lowest BCUT2D eigenvalue weighted by Crippen LogP contribution is -2.06. The van der Waals surface area contributed by atoms with E-state index in [1.54, 1.807) is 12.1 Å². The lowest BCUT2D eigenvalue weighted by molar-refractivity contribution is 0.689. The van der Waals surface area contributed by atoms with Crippen molar-refractivity contribution in [1.29, 1.82) is 15.8 Å². The van der Waals surface area contributed by atoms with Crippen molar-refractivity contribution in [3.63, 3.8) is 0 Å². The molecule has 1 atom stereocenters. The van der Waals surface area contributed by atoms with Gasteiger partial charge in [0, 0.05) is 27.4 Å². The van der Waals surface area contributed by atoms with E-state index in [1.807, 2.05) is 41.0 Å². The van der Waals surface area contributed by atoms with Gasteiger partial charge in [-0.3, -0.25) is 0 Å². The average molecular weight is 656 g/mol. The second-order valence-corrected chi connectivity index (χ2v) is 13.1. The predicted molar refractivity (Wildman–Crippen MR) is 206 cm³/mol. The summed E-state index contributed by atoms with van der Waals surface area (Å²) in [6.07, 6.45) is 1.04. The fraction of sp³-hybridized carbons (Fsp3) is 0.109. The molecule has 2 aromatic heterocycles. The molecular weight excluding hydrogens is 623 g/mol. The van der Waals surface area contributed by atoms with Crippen molar-refractivity contribution in [3.8, 4) is 51.8 Å². The Balaban J connectivity index is 1.27. The monoisotopic (exact) mass is 655 g/mol. The summed E-state index contributed by atoms with van der Waals surface area (Å²) in [5, 5.41) is 32.9. The third kappa shape index (κ3) is 5.06. The van der Waals surface area contributed by atoms with Crippen molar-refractivity contribution in [3.05, 3.63) is 155 Å². The molecule has 0 spiro atoms. The second-order valence-electron chi connectivity index (χ2n) is 13.1. The molecule has 242 valence electrons. The van der Waals surface area contributed by atoms with Gasteiger partial charge in [-0.1, -0.05) is 80.6 Å². The lowest BCUT2D eigenvalue weighted by Gasteiger charge is -2.20. The number of nitrogens with zero attached hydrogens (tertiary/aromatic N) is 5. The smallest absolute Gasteiger partial charge is 0.101 e. The standard InChI is InChI=1S/C46H33N5/c1-4-29(2)46-30(3)37-12-5-7-14-42(37)51(46)43-15-8-6-13-38(43)35-11-9-10-33(24-35)34-18-21-41(36(25-34)28-49)50-44-20-17-31(26-47)22-40(44)39-19-16-32(27-48)23-45(39)50/h5-25,29H,4H2,1-3H3. The van der Waals surface area contributed by atoms with E-state index in [4.69, 9.17) is 0 Å². The highest BCUT2D eigenvalue weighted by molar-refractivity contribution is 6.10. The highest BCUT2D eigenvalue weighted by Gasteiger charge is 2.22. The molecule has 0 aliphatic carbocycles. The first-order chi connectivity index (χ1) is 24.9. The van der Waals surface area contributed by atoms with Crippen molar-refractivity contribution < 1.29 is 0 Å². The summed E-state index contributed by atoms with van der Waals surface area (Å²) in [6, 6.07) is 49.9. The van der Waals surface area contributed by atoms with Crippen LogP contribution < -0.4 is 0 Å². The van der Waals surface area contributed by atoms with Gasteiger partial charge in [-0.2, -0.15) is 15.8 Å². The van der Waals surface area contributed by atoms with Crippen LogP contribution in [0.4, 0.5) is 0 Å². The molecule has 1 unspecified atom stereocenters. The summed E-state index contributed by atoms with van der Waals surface area (Å²) in [5.41, 5.74) is 13.2. The number of benzene rings is 6. The molecule has 0 bridgehead atoms. The van der Waals surface area contributed by atoms with Crippen LogP contribution in [0.2, 0.25) is 0 Å². The first-order valence-electron chi connectivity index (χ1n) is 17.2. The van der Waals surface area contributed by atoms with Gasteiger partial charge in [0.2, 0.25) is 0 Å². The maximum Gasteiger partial charge on any atom is 0.101 e. The zero-order valence-corrected chi connectivity index (χ0v) is 28.6. The van der Waals surface area contributed by atoms with Crippen molar-refractivity contribution >= 4 is 32.7 Å². The van der Waals surface area contributed by atoms with Crippen molar-refractivity contribution in [2.24, 2.45) is 0 Å². The van der Waals surface area contributed by atoms with E-state index in [0.717, 1.165) is 61.9 Å². The summed E-state index contributed by atoms with van der Waals surface area (Å²) in [7, 11) is 0. The zero-order valence-electron chi connectivity index (χ0n) is 28.6. The van der Waals surface area contributed by atoms with E-state index in [2.05, 4.69) is 122 Å². The summed E-state index contributed by atoms with van der Waals surface area (Å²) >= 11 is 0. The number of nitriles is 3. The molecule has 0 saturated heterocycles. The van der Waals surface area contributed by atoms with Crippen LogP contribution in [0, 0.1) is 40.9 Å². The summed E-state index contributed by atoms with van der Waals surface area (Å²) in [5.74, 6) is 0.383. The van der Waals surface area contributed by atoms with Gasteiger partial charge in [0.15, 0.2) is 0 Å². The fourth-order valence-corrected chi connectivity index (χ4v) is 7.66. The quantitative estimate of drug-likeness (QED) is 0.179. The van der Waals surface area contributed by atoms with Crippen LogP contribution in [0.3, 0.4) is 0 Å². The first-order valence-corrected chi connectivity index (χ1v) is 17.2.